The Hall–Kier alpha value is -1.52. The van der Waals surface area contributed by atoms with Crippen LogP contribution in [0.4, 0.5) is 0 Å². The average Bonchev–Trinajstić information content (AvgIpc) is 2.77. The summed E-state index contributed by atoms with van der Waals surface area (Å²) >= 11 is 0. The van der Waals surface area contributed by atoms with Gasteiger partial charge in [0.2, 0.25) is 0 Å². The molecule has 5 heteroatoms. The molecular weight excluding hydrogens is 286 g/mol. The second kappa shape index (κ2) is 8.37. The Labute approximate surface area is 141 Å². The van der Waals surface area contributed by atoms with Crippen LogP contribution in [-0.4, -0.2) is 28.8 Å². The molecule has 2 unspecified atom stereocenters. The van der Waals surface area contributed by atoms with Crippen molar-refractivity contribution >= 4 is 5.96 Å². The number of rotatable bonds is 5. The van der Waals surface area contributed by atoms with Gasteiger partial charge in [-0.25, -0.2) is 4.99 Å². The van der Waals surface area contributed by atoms with Crippen molar-refractivity contribution < 1.29 is 0 Å². The molecule has 0 bridgehead atoms. The quantitative estimate of drug-likeness (QED) is 0.648. The van der Waals surface area contributed by atoms with Gasteiger partial charge in [0, 0.05) is 31.4 Å². The van der Waals surface area contributed by atoms with Gasteiger partial charge in [-0.1, -0.05) is 26.2 Å². The Morgan fingerprint density at radius 2 is 2.00 bits per heavy atom. The van der Waals surface area contributed by atoms with Crippen molar-refractivity contribution in [2.75, 3.05) is 13.1 Å². The van der Waals surface area contributed by atoms with Crippen LogP contribution in [0.3, 0.4) is 0 Å². The van der Waals surface area contributed by atoms with Gasteiger partial charge in [-0.15, -0.1) is 0 Å². The largest absolute Gasteiger partial charge is 0.357 e. The predicted molar refractivity (Wildman–Crippen MR) is 96.6 cm³/mol. The van der Waals surface area contributed by atoms with E-state index in [4.69, 9.17) is 4.99 Å². The van der Waals surface area contributed by atoms with Gasteiger partial charge < -0.3 is 10.6 Å². The van der Waals surface area contributed by atoms with Crippen molar-refractivity contribution in [3.8, 4) is 0 Å². The van der Waals surface area contributed by atoms with Crippen LogP contribution in [0.5, 0.6) is 0 Å². The normalized spacial score (nSPS) is 22.2. The lowest BCUT2D eigenvalue weighted by atomic mass is 9.80. The number of nitrogens with zero attached hydrogens (tertiary/aromatic N) is 3. The third-order valence-corrected chi connectivity index (χ3v) is 5.22. The van der Waals surface area contributed by atoms with Crippen LogP contribution in [0, 0.1) is 25.7 Å². The molecule has 1 aliphatic carbocycles. The Kier molecular flexibility index (Phi) is 6.48. The molecule has 5 nitrogen and oxygen atoms in total. The number of aliphatic imine (C=N–C) groups is 1. The van der Waals surface area contributed by atoms with Crippen molar-refractivity contribution in [1.29, 1.82) is 0 Å². The minimum atomic E-state index is 0.682. The van der Waals surface area contributed by atoms with Crippen LogP contribution in [0.15, 0.2) is 4.99 Å². The van der Waals surface area contributed by atoms with Crippen molar-refractivity contribution in [2.24, 2.45) is 23.9 Å². The Bertz CT molecular complexity index is 532. The first-order valence-electron chi connectivity index (χ1n) is 9.04. The molecule has 1 fully saturated rings. The number of hydrogen-bond donors (Lipinski definition) is 2. The van der Waals surface area contributed by atoms with Crippen LogP contribution >= 0.6 is 0 Å². The van der Waals surface area contributed by atoms with Gasteiger partial charge in [0.25, 0.3) is 0 Å². The number of guanidine groups is 1. The number of nitrogens with one attached hydrogen (secondary N) is 2. The maximum Gasteiger partial charge on any atom is 0.191 e. The van der Waals surface area contributed by atoms with Gasteiger partial charge >= 0.3 is 0 Å². The fourth-order valence-corrected chi connectivity index (χ4v) is 3.47. The predicted octanol–water partition coefficient (Wildman–Crippen LogP) is 2.92. The molecule has 0 spiro atoms. The molecule has 0 aliphatic heterocycles. The highest BCUT2D eigenvalue weighted by Crippen LogP contribution is 2.28. The van der Waals surface area contributed by atoms with Gasteiger partial charge in [0.1, 0.15) is 0 Å². The molecule has 0 amide bonds. The highest BCUT2D eigenvalue weighted by molar-refractivity contribution is 5.79. The topological polar surface area (TPSA) is 54.2 Å². The Morgan fingerprint density at radius 3 is 2.61 bits per heavy atom. The maximum absolute atomic E-state index is 4.77. The molecule has 0 saturated heterocycles. The van der Waals surface area contributed by atoms with Gasteiger partial charge in [-0.2, -0.15) is 5.10 Å². The summed E-state index contributed by atoms with van der Waals surface area (Å²) in [5, 5.41) is 11.4. The molecule has 2 rings (SSSR count). The summed E-state index contributed by atoms with van der Waals surface area (Å²) in [4.78, 5) is 4.77. The molecule has 1 heterocycles. The molecule has 0 aromatic carbocycles. The number of aromatic nitrogens is 2. The van der Waals surface area contributed by atoms with Gasteiger partial charge in [0.05, 0.1) is 12.2 Å². The lowest BCUT2D eigenvalue weighted by Gasteiger charge is -2.29. The molecule has 2 atom stereocenters. The second-order valence-electron chi connectivity index (χ2n) is 6.87. The first-order valence-corrected chi connectivity index (χ1v) is 9.04. The summed E-state index contributed by atoms with van der Waals surface area (Å²) in [5.41, 5.74) is 3.50. The lowest BCUT2D eigenvalue weighted by molar-refractivity contribution is 0.256. The van der Waals surface area contributed by atoms with E-state index in [1.54, 1.807) is 0 Å². The standard InChI is InChI=1S/C18H33N5/c1-6-19-18(20-11-16-10-8-7-9-13(16)2)21-12-17-14(3)22-23(5)15(17)4/h13,16H,6-12H2,1-5H3,(H2,19,20,21). The molecule has 1 aromatic heterocycles. The summed E-state index contributed by atoms with van der Waals surface area (Å²) < 4.78 is 1.93. The van der Waals surface area contributed by atoms with E-state index >= 15 is 0 Å². The molecule has 2 N–H and O–H groups in total. The molecule has 0 radical (unpaired) electrons. The van der Waals surface area contributed by atoms with Crippen molar-refractivity contribution in [2.45, 2.75) is 59.9 Å². The van der Waals surface area contributed by atoms with E-state index in [2.05, 4.69) is 43.4 Å². The van der Waals surface area contributed by atoms with Crippen LogP contribution in [0.25, 0.3) is 0 Å². The Balaban J connectivity index is 1.96. The lowest BCUT2D eigenvalue weighted by Crippen LogP contribution is -2.41. The number of hydrogen-bond acceptors (Lipinski definition) is 2. The molecule has 23 heavy (non-hydrogen) atoms. The zero-order chi connectivity index (χ0) is 16.8. The second-order valence-corrected chi connectivity index (χ2v) is 6.87. The molecule has 130 valence electrons. The van der Waals surface area contributed by atoms with Crippen molar-refractivity contribution in [1.82, 2.24) is 20.4 Å². The fourth-order valence-electron chi connectivity index (χ4n) is 3.47. The third kappa shape index (κ3) is 4.72. The van der Waals surface area contributed by atoms with Gasteiger partial charge in [-0.3, -0.25) is 4.68 Å². The van der Waals surface area contributed by atoms with Crippen molar-refractivity contribution in [3.63, 3.8) is 0 Å². The van der Waals surface area contributed by atoms with Gasteiger partial charge in [-0.05, 0) is 39.0 Å². The van der Waals surface area contributed by atoms with Crippen molar-refractivity contribution in [3.05, 3.63) is 17.0 Å². The summed E-state index contributed by atoms with van der Waals surface area (Å²) in [6.07, 6.45) is 5.48. The molecular formula is C18H33N5. The van der Waals surface area contributed by atoms with E-state index in [1.807, 2.05) is 11.7 Å². The summed E-state index contributed by atoms with van der Waals surface area (Å²) in [6.45, 7) is 11.3. The highest BCUT2D eigenvalue weighted by Gasteiger charge is 2.21. The zero-order valence-corrected chi connectivity index (χ0v) is 15.4. The Morgan fingerprint density at radius 1 is 1.26 bits per heavy atom. The smallest absolute Gasteiger partial charge is 0.191 e. The summed E-state index contributed by atoms with van der Waals surface area (Å²) in [7, 11) is 1.99. The minimum Gasteiger partial charge on any atom is -0.357 e. The fraction of sp³-hybridized carbons (Fsp3) is 0.778. The van der Waals surface area contributed by atoms with Crippen LogP contribution in [-0.2, 0) is 13.6 Å². The average molecular weight is 319 g/mol. The first kappa shape index (κ1) is 17.8. The van der Waals surface area contributed by atoms with E-state index in [0.717, 1.165) is 36.6 Å². The first-order chi connectivity index (χ1) is 11.0. The molecule has 1 aromatic rings. The van der Waals surface area contributed by atoms with Gasteiger partial charge in [0.15, 0.2) is 5.96 Å². The highest BCUT2D eigenvalue weighted by atomic mass is 15.3. The van der Waals surface area contributed by atoms with E-state index in [0.29, 0.717) is 6.54 Å². The SMILES string of the molecule is CCNC(=NCc1c(C)nn(C)c1C)NCC1CCCCC1C. The third-order valence-electron chi connectivity index (χ3n) is 5.22. The maximum atomic E-state index is 4.77. The van der Waals surface area contributed by atoms with E-state index in [-0.39, 0.29) is 0 Å². The zero-order valence-electron chi connectivity index (χ0n) is 15.4. The summed E-state index contributed by atoms with van der Waals surface area (Å²) in [6, 6.07) is 0. The monoisotopic (exact) mass is 319 g/mol. The van der Waals surface area contributed by atoms with E-state index < -0.39 is 0 Å². The molecule has 1 saturated carbocycles. The van der Waals surface area contributed by atoms with Crippen LogP contribution in [0.1, 0.15) is 56.5 Å². The molecule has 1 aliphatic rings. The van der Waals surface area contributed by atoms with Crippen LogP contribution < -0.4 is 10.6 Å². The number of aryl methyl sites for hydroxylation is 2. The minimum absolute atomic E-state index is 0.682. The van der Waals surface area contributed by atoms with Crippen LogP contribution in [0.2, 0.25) is 0 Å². The van der Waals surface area contributed by atoms with E-state index in [9.17, 15) is 0 Å². The summed E-state index contributed by atoms with van der Waals surface area (Å²) in [5.74, 6) is 2.52. The van der Waals surface area contributed by atoms with E-state index in [1.165, 1.54) is 36.9 Å².